The monoisotopic (exact) mass is 287 g/mol. The molecule has 1 aromatic rings. The minimum absolute atomic E-state index is 0.215. The number of thiophene rings is 1. The average molecular weight is 287 g/mol. The molecular formula is C11H13NO4S2. The highest BCUT2D eigenvalue weighted by atomic mass is 32.2. The summed E-state index contributed by atoms with van der Waals surface area (Å²) in [5.41, 5.74) is -0.694. The Labute approximate surface area is 110 Å². The van der Waals surface area contributed by atoms with Crippen LogP contribution in [0.5, 0.6) is 0 Å². The summed E-state index contributed by atoms with van der Waals surface area (Å²) < 4.78 is 26.6. The lowest BCUT2D eigenvalue weighted by Crippen LogP contribution is -2.42. The van der Waals surface area contributed by atoms with Gasteiger partial charge in [-0.3, -0.25) is 0 Å². The first-order valence-corrected chi connectivity index (χ1v) is 7.30. The van der Waals surface area contributed by atoms with Crippen LogP contribution in [0.15, 0.2) is 10.3 Å². The molecule has 1 rings (SSSR count). The molecule has 0 aliphatic heterocycles. The van der Waals surface area contributed by atoms with Crippen molar-refractivity contribution in [1.82, 2.24) is 4.72 Å². The van der Waals surface area contributed by atoms with E-state index in [0.29, 0.717) is 5.56 Å². The van der Waals surface area contributed by atoms with Crippen molar-refractivity contribution in [3.05, 3.63) is 15.8 Å². The fourth-order valence-corrected chi connectivity index (χ4v) is 4.31. The summed E-state index contributed by atoms with van der Waals surface area (Å²) in [5.74, 6) is 1.02. The number of carboxylic acid groups (broad SMARTS) is 1. The van der Waals surface area contributed by atoms with Crippen molar-refractivity contribution in [3.63, 3.8) is 0 Å². The van der Waals surface area contributed by atoms with E-state index in [9.17, 15) is 13.2 Å². The van der Waals surface area contributed by atoms with Crippen molar-refractivity contribution in [2.45, 2.75) is 31.2 Å². The van der Waals surface area contributed by atoms with Crippen LogP contribution in [0.3, 0.4) is 0 Å². The molecule has 0 radical (unpaired) electrons. The number of nitrogens with one attached hydrogen (secondary N) is 1. The maximum absolute atomic E-state index is 12.2. The third kappa shape index (κ3) is 2.90. The third-order valence-corrected chi connectivity index (χ3v) is 5.19. The first-order valence-electron chi connectivity index (χ1n) is 4.94. The van der Waals surface area contributed by atoms with Crippen molar-refractivity contribution in [2.24, 2.45) is 0 Å². The number of aromatic carboxylic acids is 1. The van der Waals surface area contributed by atoms with Gasteiger partial charge in [-0.1, -0.05) is 5.92 Å². The van der Waals surface area contributed by atoms with Gasteiger partial charge in [-0.15, -0.1) is 17.8 Å². The molecule has 0 aliphatic carbocycles. The fourth-order valence-electron chi connectivity index (χ4n) is 1.33. The summed E-state index contributed by atoms with van der Waals surface area (Å²) in [4.78, 5) is 10.6. The highest BCUT2D eigenvalue weighted by Crippen LogP contribution is 2.27. The van der Waals surface area contributed by atoms with Crippen LogP contribution in [-0.4, -0.2) is 25.0 Å². The normalized spacial score (nSPS) is 12.1. The van der Waals surface area contributed by atoms with Crippen molar-refractivity contribution in [1.29, 1.82) is 0 Å². The maximum atomic E-state index is 12.2. The lowest BCUT2D eigenvalue weighted by Gasteiger charge is -2.19. The number of terminal acetylenes is 1. The summed E-state index contributed by atoms with van der Waals surface area (Å²) in [7, 11) is -3.96. The van der Waals surface area contributed by atoms with Gasteiger partial charge in [-0.05, 0) is 31.7 Å². The molecule has 0 bridgehead atoms. The Hall–Kier alpha value is -1.36. The van der Waals surface area contributed by atoms with Crippen LogP contribution in [0.4, 0.5) is 0 Å². The molecule has 1 heterocycles. The van der Waals surface area contributed by atoms with Crippen molar-refractivity contribution in [2.75, 3.05) is 0 Å². The van der Waals surface area contributed by atoms with E-state index < -0.39 is 21.5 Å². The van der Waals surface area contributed by atoms with Gasteiger partial charge in [0, 0.05) is 0 Å². The van der Waals surface area contributed by atoms with E-state index in [1.54, 1.807) is 6.92 Å². The summed E-state index contributed by atoms with van der Waals surface area (Å²) in [6.07, 6.45) is 5.21. The van der Waals surface area contributed by atoms with Gasteiger partial charge in [0.25, 0.3) is 0 Å². The number of sulfonamides is 1. The van der Waals surface area contributed by atoms with Crippen LogP contribution >= 0.6 is 11.3 Å². The fraction of sp³-hybridized carbons (Fsp3) is 0.364. The van der Waals surface area contributed by atoms with Crippen LogP contribution in [0.2, 0.25) is 0 Å². The topological polar surface area (TPSA) is 83.5 Å². The second kappa shape index (κ2) is 4.72. The van der Waals surface area contributed by atoms with Crippen LogP contribution in [0, 0.1) is 19.3 Å². The Balaban J connectivity index is 3.35. The average Bonchev–Trinajstić information content (AvgIpc) is 2.59. The quantitative estimate of drug-likeness (QED) is 0.821. The molecule has 5 nitrogen and oxygen atoms in total. The zero-order valence-electron chi connectivity index (χ0n) is 10.1. The first kappa shape index (κ1) is 14.7. The summed E-state index contributed by atoms with van der Waals surface area (Å²) in [6.45, 7) is 4.58. The zero-order chi connectivity index (χ0) is 14.1. The van der Waals surface area contributed by atoms with Gasteiger partial charge in [0.15, 0.2) is 0 Å². The summed E-state index contributed by atoms with van der Waals surface area (Å²) in [5, 5.41) is 10.5. The van der Waals surface area contributed by atoms with Crippen LogP contribution in [0.25, 0.3) is 0 Å². The zero-order valence-corrected chi connectivity index (χ0v) is 11.8. The molecule has 0 atom stereocenters. The largest absolute Gasteiger partial charge is 0.477 e. The molecule has 1 aromatic heterocycles. The number of rotatable bonds is 4. The Morgan fingerprint density at radius 2 is 2.11 bits per heavy atom. The molecule has 0 spiro atoms. The first-order chi connectivity index (χ1) is 8.10. The van der Waals surface area contributed by atoms with E-state index in [4.69, 9.17) is 11.5 Å². The highest BCUT2D eigenvalue weighted by Gasteiger charge is 2.31. The van der Waals surface area contributed by atoms with Crippen molar-refractivity contribution in [3.8, 4) is 12.3 Å². The molecule has 0 fully saturated rings. The predicted molar refractivity (Wildman–Crippen MR) is 69.2 cm³/mol. The molecular weight excluding hydrogens is 274 g/mol. The number of carbonyl (C=O) groups is 1. The SMILES string of the molecule is C#CC(C)(C)NS(=O)(=O)c1c(C)csc1C(=O)O. The van der Waals surface area contributed by atoms with Crippen LogP contribution in [0.1, 0.15) is 29.1 Å². The molecule has 0 unspecified atom stereocenters. The molecule has 0 aromatic carbocycles. The minimum Gasteiger partial charge on any atom is -0.477 e. The number of hydrogen-bond acceptors (Lipinski definition) is 4. The molecule has 0 saturated carbocycles. The van der Waals surface area contributed by atoms with E-state index in [-0.39, 0.29) is 9.77 Å². The Bertz CT molecular complexity index is 620. The van der Waals surface area contributed by atoms with Gasteiger partial charge < -0.3 is 5.11 Å². The standard InChI is InChI=1S/C11H13NO4S2/c1-5-11(3,4)12-18(15,16)9-7(2)6-17-8(9)10(13)14/h1,6,12H,2-4H3,(H,13,14). The molecule has 18 heavy (non-hydrogen) atoms. The lowest BCUT2D eigenvalue weighted by atomic mass is 10.1. The molecule has 0 amide bonds. The Morgan fingerprint density at radius 1 is 1.56 bits per heavy atom. The predicted octanol–water partition coefficient (Wildman–Crippen LogP) is 1.44. The van der Waals surface area contributed by atoms with Gasteiger partial charge in [-0.25, -0.2) is 13.2 Å². The van der Waals surface area contributed by atoms with Gasteiger partial charge in [-0.2, -0.15) is 4.72 Å². The van der Waals surface area contributed by atoms with Gasteiger partial charge in [0.2, 0.25) is 10.0 Å². The van der Waals surface area contributed by atoms with Crippen molar-refractivity contribution < 1.29 is 18.3 Å². The smallest absolute Gasteiger partial charge is 0.347 e. The van der Waals surface area contributed by atoms with Gasteiger partial charge in [0.05, 0.1) is 5.54 Å². The summed E-state index contributed by atoms with van der Waals surface area (Å²) in [6, 6.07) is 0. The minimum atomic E-state index is -3.96. The third-order valence-electron chi connectivity index (χ3n) is 2.13. The summed E-state index contributed by atoms with van der Waals surface area (Å²) >= 11 is 0.874. The molecule has 0 aliphatic rings. The second-order valence-corrected chi connectivity index (χ2v) is 6.76. The van der Waals surface area contributed by atoms with Crippen molar-refractivity contribution >= 4 is 27.3 Å². The van der Waals surface area contributed by atoms with Crippen LogP contribution in [-0.2, 0) is 10.0 Å². The van der Waals surface area contributed by atoms with Crippen LogP contribution < -0.4 is 4.72 Å². The number of hydrogen-bond donors (Lipinski definition) is 2. The Morgan fingerprint density at radius 3 is 2.56 bits per heavy atom. The highest BCUT2D eigenvalue weighted by molar-refractivity contribution is 7.89. The van der Waals surface area contributed by atoms with E-state index in [1.807, 2.05) is 0 Å². The number of aryl methyl sites for hydroxylation is 1. The molecule has 2 N–H and O–H groups in total. The molecule has 7 heteroatoms. The maximum Gasteiger partial charge on any atom is 0.347 e. The number of carboxylic acids is 1. The van der Waals surface area contributed by atoms with Gasteiger partial charge in [0.1, 0.15) is 9.77 Å². The van der Waals surface area contributed by atoms with Gasteiger partial charge >= 0.3 is 5.97 Å². The van der Waals surface area contributed by atoms with E-state index >= 15 is 0 Å². The second-order valence-electron chi connectivity index (χ2n) is 4.26. The van der Waals surface area contributed by atoms with E-state index in [2.05, 4.69) is 10.6 Å². The Kier molecular flexibility index (Phi) is 3.86. The molecule has 98 valence electrons. The van der Waals surface area contributed by atoms with E-state index in [0.717, 1.165) is 11.3 Å². The lowest BCUT2D eigenvalue weighted by molar-refractivity contribution is 0.0698. The molecule has 0 saturated heterocycles. The van der Waals surface area contributed by atoms with E-state index in [1.165, 1.54) is 19.2 Å².